The number of likely N-dealkylation sites (tertiary alicyclic amines) is 1. The Labute approximate surface area is 112 Å². The normalized spacial score (nSPS) is 19.3. The van der Waals surface area contributed by atoms with Crippen LogP contribution in [0.25, 0.3) is 0 Å². The molecular weight excluding hydrogens is 250 g/mol. The first-order valence-electron chi connectivity index (χ1n) is 6.43. The van der Waals surface area contributed by atoms with E-state index in [2.05, 4.69) is 0 Å². The van der Waals surface area contributed by atoms with Crippen molar-refractivity contribution in [3.8, 4) is 0 Å². The number of primary amides is 1. The molecule has 1 unspecified atom stereocenters. The first-order valence-corrected chi connectivity index (χ1v) is 6.43. The van der Waals surface area contributed by atoms with Crippen molar-refractivity contribution in [1.29, 1.82) is 0 Å². The molecule has 0 radical (unpaired) electrons. The first-order chi connectivity index (χ1) is 8.84. The third kappa shape index (κ3) is 3.84. The quantitative estimate of drug-likeness (QED) is 0.764. The molecule has 0 aliphatic carbocycles. The van der Waals surface area contributed by atoms with Crippen molar-refractivity contribution in [2.75, 3.05) is 13.1 Å². The predicted octanol–water partition coefficient (Wildman–Crippen LogP) is 0.241. The van der Waals surface area contributed by atoms with Crippen LogP contribution in [0.4, 0.5) is 4.79 Å². The van der Waals surface area contributed by atoms with Crippen molar-refractivity contribution in [2.24, 2.45) is 5.73 Å². The van der Waals surface area contributed by atoms with Crippen LogP contribution in [0.1, 0.15) is 33.1 Å². The number of nitrogens with two attached hydrogens (primary N) is 1. The molecule has 19 heavy (non-hydrogen) atoms. The smallest absolute Gasteiger partial charge is 0.326 e. The molecule has 0 bridgehead atoms. The van der Waals surface area contributed by atoms with Gasteiger partial charge in [-0.2, -0.15) is 0 Å². The van der Waals surface area contributed by atoms with Crippen LogP contribution in [0.3, 0.4) is 0 Å². The molecule has 1 fully saturated rings. The average molecular weight is 271 g/mol. The highest BCUT2D eigenvalue weighted by Gasteiger charge is 2.35. The van der Waals surface area contributed by atoms with Gasteiger partial charge in [0.15, 0.2) is 0 Å². The summed E-state index contributed by atoms with van der Waals surface area (Å²) in [6.45, 7) is 3.73. The molecule has 3 amide bonds. The maximum absolute atomic E-state index is 12.4. The lowest BCUT2D eigenvalue weighted by Gasteiger charge is -2.38. The van der Waals surface area contributed by atoms with Crippen LogP contribution >= 0.6 is 0 Å². The monoisotopic (exact) mass is 271 g/mol. The molecule has 1 saturated heterocycles. The van der Waals surface area contributed by atoms with Crippen LogP contribution in [0.5, 0.6) is 0 Å². The van der Waals surface area contributed by atoms with E-state index >= 15 is 0 Å². The Morgan fingerprint density at radius 2 is 2.00 bits per heavy atom. The number of carbonyl (C=O) groups excluding carboxylic acids is 2. The Morgan fingerprint density at radius 1 is 1.37 bits per heavy atom. The zero-order valence-corrected chi connectivity index (χ0v) is 11.3. The van der Waals surface area contributed by atoms with Crippen molar-refractivity contribution >= 4 is 17.9 Å². The summed E-state index contributed by atoms with van der Waals surface area (Å²) < 4.78 is 0. The molecule has 1 aliphatic heterocycles. The van der Waals surface area contributed by atoms with Crippen LogP contribution in [0.2, 0.25) is 0 Å². The van der Waals surface area contributed by atoms with E-state index in [9.17, 15) is 14.4 Å². The Morgan fingerprint density at radius 3 is 2.47 bits per heavy atom. The van der Waals surface area contributed by atoms with Crippen LogP contribution in [-0.2, 0) is 9.59 Å². The molecule has 0 aromatic rings. The Balaban J connectivity index is 2.87. The van der Waals surface area contributed by atoms with Gasteiger partial charge in [-0.3, -0.25) is 4.79 Å². The Bertz CT molecular complexity index is 370. The number of rotatable bonds is 4. The molecule has 0 saturated carbocycles. The molecule has 1 aliphatic rings. The van der Waals surface area contributed by atoms with Gasteiger partial charge in [-0.05, 0) is 33.1 Å². The molecule has 7 heteroatoms. The summed E-state index contributed by atoms with van der Waals surface area (Å²) in [6, 6.07) is -1.45. The first kappa shape index (κ1) is 15.3. The van der Waals surface area contributed by atoms with Gasteiger partial charge in [-0.15, -0.1) is 0 Å². The predicted molar refractivity (Wildman–Crippen MR) is 68.4 cm³/mol. The fraction of sp³-hybridized carbons (Fsp3) is 0.750. The van der Waals surface area contributed by atoms with Gasteiger partial charge in [0.2, 0.25) is 5.91 Å². The maximum Gasteiger partial charge on any atom is 0.326 e. The van der Waals surface area contributed by atoms with Gasteiger partial charge in [0.1, 0.15) is 12.6 Å². The molecule has 0 spiro atoms. The number of hydrogen-bond donors (Lipinski definition) is 2. The van der Waals surface area contributed by atoms with E-state index in [-0.39, 0.29) is 12.6 Å². The molecule has 1 rings (SSSR count). The van der Waals surface area contributed by atoms with E-state index in [0.29, 0.717) is 13.0 Å². The number of nitrogens with zero attached hydrogens (tertiary/aromatic N) is 2. The zero-order valence-electron chi connectivity index (χ0n) is 11.3. The van der Waals surface area contributed by atoms with E-state index in [1.807, 2.05) is 0 Å². The highest BCUT2D eigenvalue weighted by molar-refractivity contribution is 5.86. The van der Waals surface area contributed by atoms with E-state index < -0.39 is 23.9 Å². The van der Waals surface area contributed by atoms with Gasteiger partial charge < -0.3 is 20.6 Å². The van der Waals surface area contributed by atoms with Gasteiger partial charge in [0.05, 0.1) is 0 Å². The fourth-order valence-corrected chi connectivity index (χ4v) is 2.22. The second kappa shape index (κ2) is 6.40. The number of carbonyl (C=O) groups is 3. The number of urea groups is 1. The maximum atomic E-state index is 12.4. The molecule has 1 atom stereocenters. The number of piperidine rings is 1. The van der Waals surface area contributed by atoms with Gasteiger partial charge >= 0.3 is 12.0 Å². The van der Waals surface area contributed by atoms with Crippen molar-refractivity contribution in [1.82, 2.24) is 9.80 Å². The number of carboxylic acids is 1. The summed E-state index contributed by atoms with van der Waals surface area (Å²) in [7, 11) is 0. The van der Waals surface area contributed by atoms with Gasteiger partial charge in [0.25, 0.3) is 0 Å². The topological polar surface area (TPSA) is 104 Å². The fourth-order valence-electron chi connectivity index (χ4n) is 2.22. The van der Waals surface area contributed by atoms with Crippen LogP contribution in [0, 0.1) is 0 Å². The van der Waals surface area contributed by atoms with E-state index in [1.54, 1.807) is 13.8 Å². The number of carboxylic acid groups (broad SMARTS) is 1. The van der Waals surface area contributed by atoms with E-state index in [1.165, 1.54) is 9.80 Å². The molecule has 0 aromatic heterocycles. The van der Waals surface area contributed by atoms with Crippen molar-refractivity contribution in [3.63, 3.8) is 0 Å². The second-order valence-electron chi connectivity index (χ2n) is 5.01. The van der Waals surface area contributed by atoms with Crippen LogP contribution in [-0.4, -0.2) is 58.0 Å². The molecule has 1 heterocycles. The highest BCUT2D eigenvalue weighted by Crippen LogP contribution is 2.19. The zero-order chi connectivity index (χ0) is 14.6. The van der Waals surface area contributed by atoms with E-state index in [0.717, 1.165) is 12.8 Å². The minimum atomic E-state index is -1.00. The lowest BCUT2D eigenvalue weighted by Crippen LogP contribution is -2.56. The number of amides is 3. The largest absolute Gasteiger partial charge is 0.480 e. The molecule has 0 aromatic carbocycles. The lowest BCUT2D eigenvalue weighted by molar-refractivity contribution is -0.143. The minimum absolute atomic E-state index is 0.195. The van der Waals surface area contributed by atoms with Gasteiger partial charge in [0, 0.05) is 12.6 Å². The summed E-state index contributed by atoms with van der Waals surface area (Å²) >= 11 is 0. The summed E-state index contributed by atoms with van der Waals surface area (Å²) in [5.41, 5.74) is 5.13. The second-order valence-corrected chi connectivity index (χ2v) is 5.01. The molecule has 3 N–H and O–H groups in total. The molecule has 108 valence electrons. The van der Waals surface area contributed by atoms with Crippen LogP contribution in [0.15, 0.2) is 0 Å². The number of aliphatic carboxylic acids is 1. The SMILES string of the molecule is CC(C)N(CC(N)=O)C(=O)N1CCCCC1C(=O)O. The average Bonchev–Trinajstić information content (AvgIpc) is 2.34. The summed E-state index contributed by atoms with van der Waals surface area (Å²) in [6.07, 6.45) is 2.01. The van der Waals surface area contributed by atoms with Crippen LogP contribution < -0.4 is 5.73 Å². The van der Waals surface area contributed by atoms with Gasteiger partial charge in [-0.1, -0.05) is 0 Å². The third-order valence-corrected chi connectivity index (χ3v) is 3.23. The standard InChI is InChI=1S/C12H21N3O4/c1-8(2)15(7-10(13)16)12(19)14-6-4-3-5-9(14)11(17)18/h8-9H,3-7H2,1-2H3,(H2,13,16)(H,17,18). The minimum Gasteiger partial charge on any atom is -0.480 e. The van der Waals surface area contributed by atoms with Crippen molar-refractivity contribution in [2.45, 2.75) is 45.2 Å². The molecular formula is C12H21N3O4. The van der Waals surface area contributed by atoms with Gasteiger partial charge in [-0.25, -0.2) is 9.59 Å². The summed E-state index contributed by atoms with van der Waals surface area (Å²) in [5.74, 6) is -1.61. The summed E-state index contributed by atoms with van der Waals surface area (Å²) in [4.78, 5) is 37.2. The van der Waals surface area contributed by atoms with Crippen molar-refractivity contribution in [3.05, 3.63) is 0 Å². The summed E-state index contributed by atoms with van der Waals surface area (Å²) in [5, 5.41) is 9.16. The highest BCUT2D eigenvalue weighted by atomic mass is 16.4. The third-order valence-electron chi connectivity index (χ3n) is 3.23. The lowest BCUT2D eigenvalue weighted by atomic mass is 10.0. The van der Waals surface area contributed by atoms with Crippen molar-refractivity contribution < 1.29 is 19.5 Å². The Hall–Kier alpha value is -1.79. The molecule has 7 nitrogen and oxygen atoms in total. The number of hydrogen-bond acceptors (Lipinski definition) is 3. The Kier molecular flexibility index (Phi) is 5.14. The van der Waals surface area contributed by atoms with E-state index in [4.69, 9.17) is 10.8 Å².